The number of phenolic OH excluding ortho intramolecular Hbond substituents is 1. The Balaban J connectivity index is 2.93. The van der Waals surface area contributed by atoms with Crippen molar-refractivity contribution in [2.24, 2.45) is 0 Å². The molecule has 0 aliphatic carbocycles. The van der Waals surface area contributed by atoms with Gasteiger partial charge in [0.15, 0.2) is 0 Å². The van der Waals surface area contributed by atoms with Crippen LogP contribution < -0.4 is 10.6 Å². The molecule has 1 aromatic rings. The topological polar surface area (TPSA) is 125 Å². The standard InChI is InChI=1S/C19H28N2O6Se/c1-19(2,3)27-18(26)21-15(11-12-5-7-13(22)8-6-12)16(23)20-14(17(24)25)9-10-28-4/h5-8,14-15,22H,9-11H2,1-4H3,(H,20,23)(H,21,26)(H,24,25)/t14-,15-/m0/s1. The molecule has 8 nitrogen and oxygen atoms in total. The number of amides is 2. The van der Waals surface area contributed by atoms with Gasteiger partial charge in [0.2, 0.25) is 0 Å². The van der Waals surface area contributed by atoms with E-state index in [1.807, 2.05) is 5.82 Å². The van der Waals surface area contributed by atoms with Crippen molar-refractivity contribution in [2.45, 2.75) is 62.4 Å². The van der Waals surface area contributed by atoms with Crippen LogP contribution in [0.2, 0.25) is 11.1 Å². The van der Waals surface area contributed by atoms with Crippen LogP contribution in [0.15, 0.2) is 24.3 Å². The summed E-state index contributed by atoms with van der Waals surface area (Å²) in [6, 6.07) is 4.16. The fourth-order valence-corrected chi connectivity index (χ4v) is 3.28. The molecule has 1 aromatic carbocycles. The van der Waals surface area contributed by atoms with Crippen LogP contribution in [-0.4, -0.2) is 60.8 Å². The van der Waals surface area contributed by atoms with Gasteiger partial charge in [-0.15, -0.1) is 0 Å². The van der Waals surface area contributed by atoms with E-state index in [9.17, 15) is 24.6 Å². The zero-order chi connectivity index (χ0) is 21.3. The number of phenols is 1. The van der Waals surface area contributed by atoms with E-state index >= 15 is 0 Å². The van der Waals surface area contributed by atoms with Gasteiger partial charge in [0.1, 0.15) is 0 Å². The second-order valence-corrected chi connectivity index (χ2v) is 9.32. The monoisotopic (exact) mass is 460 g/mol. The molecular weight excluding hydrogens is 431 g/mol. The fourth-order valence-electron chi connectivity index (χ4n) is 2.29. The molecule has 9 heteroatoms. The van der Waals surface area contributed by atoms with Crippen molar-refractivity contribution < 1.29 is 29.3 Å². The van der Waals surface area contributed by atoms with Crippen molar-refractivity contribution in [1.82, 2.24) is 10.6 Å². The molecule has 2 amide bonds. The first-order valence-corrected chi connectivity index (χ1v) is 11.7. The van der Waals surface area contributed by atoms with Gasteiger partial charge in [-0.1, -0.05) is 0 Å². The first kappa shape index (κ1) is 23.8. The Morgan fingerprint density at radius 3 is 2.21 bits per heavy atom. The number of alkyl carbamates (subject to hydrolysis) is 1. The van der Waals surface area contributed by atoms with Crippen molar-refractivity contribution in [3.63, 3.8) is 0 Å². The number of hydrogen-bond donors (Lipinski definition) is 4. The molecule has 0 aliphatic rings. The molecule has 4 N–H and O–H groups in total. The Morgan fingerprint density at radius 1 is 1.11 bits per heavy atom. The van der Waals surface area contributed by atoms with Gasteiger partial charge in [0, 0.05) is 0 Å². The zero-order valence-corrected chi connectivity index (χ0v) is 18.2. The maximum absolute atomic E-state index is 12.7. The van der Waals surface area contributed by atoms with E-state index in [0.29, 0.717) is 32.3 Å². The van der Waals surface area contributed by atoms with Crippen molar-refractivity contribution in [3.05, 3.63) is 29.8 Å². The number of carbonyl (C=O) groups excluding carboxylic acids is 2. The van der Waals surface area contributed by atoms with E-state index < -0.39 is 35.7 Å². The summed E-state index contributed by atoms with van der Waals surface area (Å²) in [7, 11) is 0. The Labute approximate surface area is 171 Å². The Bertz CT molecular complexity index is 672. The van der Waals surface area contributed by atoms with Crippen LogP contribution in [0.5, 0.6) is 5.75 Å². The number of hydrogen-bond acceptors (Lipinski definition) is 5. The summed E-state index contributed by atoms with van der Waals surface area (Å²) in [5.74, 6) is 0.358. The van der Waals surface area contributed by atoms with Crippen molar-refractivity contribution in [3.8, 4) is 5.75 Å². The quantitative estimate of drug-likeness (QED) is 0.419. The summed E-state index contributed by atoms with van der Waals surface area (Å²) in [6.45, 7) is 5.11. The molecule has 0 radical (unpaired) electrons. The molecule has 0 bridgehead atoms. The van der Waals surface area contributed by atoms with Crippen LogP contribution in [0.25, 0.3) is 0 Å². The van der Waals surface area contributed by atoms with Gasteiger partial charge in [-0.05, 0) is 0 Å². The predicted molar refractivity (Wildman–Crippen MR) is 106 cm³/mol. The average molecular weight is 459 g/mol. The first-order valence-electron chi connectivity index (χ1n) is 8.81. The number of ether oxygens (including phenoxy) is 1. The molecular formula is C19H28N2O6Se. The zero-order valence-electron chi connectivity index (χ0n) is 16.5. The molecule has 2 atom stereocenters. The molecule has 156 valence electrons. The molecule has 28 heavy (non-hydrogen) atoms. The average Bonchev–Trinajstić information content (AvgIpc) is 2.57. The summed E-state index contributed by atoms with van der Waals surface area (Å²) < 4.78 is 5.21. The molecule has 0 aromatic heterocycles. The van der Waals surface area contributed by atoms with E-state index in [4.69, 9.17) is 4.74 Å². The molecule has 0 saturated heterocycles. The number of carboxylic acids is 1. The van der Waals surface area contributed by atoms with E-state index in [1.165, 1.54) is 12.1 Å². The van der Waals surface area contributed by atoms with Crippen molar-refractivity contribution >= 4 is 32.9 Å². The normalized spacial score (nSPS) is 13.3. The number of benzene rings is 1. The molecule has 0 saturated carbocycles. The maximum atomic E-state index is 12.7. The third-order valence-corrected chi connectivity index (χ3v) is 4.96. The number of nitrogens with one attached hydrogen (secondary N) is 2. The number of aliphatic carboxylic acids is 1. The fraction of sp³-hybridized carbons (Fsp3) is 0.526. The third kappa shape index (κ3) is 9.10. The van der Waals surface area contributed by atoms with Gasteiger partial charge < -0.3 is 0 Å². The minimum atomic E-state index is -1.11. The predicted octanol–water partition coefficient (Wildman–Crippen LogP) is 1.96. The van der Waals surface area contributed by atoms with E-state index in [1.54, 1.807) is 32.9 Å². The number of rotatable bonds is 9. The first-order chi connectivity index (χ1) is 13.0. The summed E-state index contributed by atoms with van der Waals surface area (Å²) >= 11 is 0.290. The summed E-state index contributed by atoms with van der Waals surface area (Å²) in [5, 5.41) is 24.5. The van der Waals surface area contributed by atoms with E-state index in [-0.39, 0.29) is 12.2 Å². The summed E-state index contributed by atoms with van der Waals surface area (Å²) in [4.78, 5) is 36.3. The van der Waals surface area contributed by atoms with Crippen LogP contribution in [0, 0.1) is 0 Å². The SMILES string of the molecule is C[Se]CC[C@H](NC(=O)[C@H](Cc1ccc(O)cc1)NC(=O)OC(C)(C)C)C(=O)O. The molecule has 0 fully saturated rings. The Morgan fingerprint density at radius 2 is 1.71 bits per heavy atom. The summed E-state index contributed by atoms with van der Waals surface area (Å²) in [6.07, 6.45) is -0.319. The number of aromatic hydroxyl groups is 1. The van der Waals surface area contributed by atoms with Crippen molar-refractivity contribution in [1.29, 1.82) is 0 Å². The molecule has 0 unspecified atom stereocenters. The van der Waals surface area contributed by atoms with Crippen LogP contribution >= 0.6 is 0 Å². The van der Waals surface area contributed by atoms with E-state index in [0.717, 1.165) is 0 Å². The van der Waals surface area contributed by atoms with Crippen LogP contribution in [0.4, 0.5) is 4.79 Å². The van der Waals surface area contributed by atoms with Gasteiger partial charge >= 0.3 is 171 Å². The van der Waals surface area contributed by atoms with Gasteiger partial charge in [-0.3, -0.25) is 0 Å². The molecule has 0 spiro atoms. The third-order valence-electron chi connectivity index (χ3n) is 3.61. The van der Waals surface area contributed by atoms with Crippen LogP contribution in [-0.2, 0) is 20.7 Å². The second kappa shape index (κ2) is 10.9. The number of carbonyl (C=O) groups is 3. The molecule has 0 aliphatic heterocycles. The van der Waals surface area contributed by atoms with Crippen LogP contribution in [0.3, 0.4) is 0 Å². The van der Waals surface area contributed by atoms with Gasteiger partial charge in [0.25, 0.3) is 0 Å². The minimum absolute atomic E-state index is 0.0808. The van der Waals surface area contributed by atoms with E-state index in [2.05, 4.69) is 10.6 Å². The summed E-state index contributed by atoms with van der Waals surface area (Å²) in [5.41, 5.74) is -0.0472. The Hall–Kier alpha value is -2.25. The van der Waals surface area contributed by atoms with Gasteiger partial charge in [0.05, 0.1) is 0 Å². The number of carboxylic acid groups (broad SMARTS) is 1. The molecule has 0 heterocycles. The second-order valence-electron chi connectivity index (χ2n) is 7.25. The molecule has 1 rings (SSSR count). The van der Waals surface area contributed by atoms with Gasteiger partial charge in [-0.2, -0.15) is 0 Å². The Kier molecular flexibility index (Phi) is 9.28. The van der Waals surface area contributed by atoms with Gasteiger partial charge in [-0.25, -0.2) is 0 Å². The van der Waals surface area contributed by atoms with Crippen molar-refractivity contribution in [2.75, 3.05) is 0 Å². The van der Waals surface area contributed by atoms with Crippen LogP contribution in [0.1, 0.15) is 32.8 Å².